The van der Waals surface area contributed by atoms with Crippen LogP contribution in [0.1, 0.15) is 37.8 Å². The Morgan fingerprint density at radius 3 is 2.33 bits per heavy atom. The molecule has 3 N–H and O–H groups in total. The van der Waals surface area contributed by atoms with Crippen molar-refractivity contribution in [1.82, 2.24) is 5.32 Å². The number of aromatic hydroxyl groups is 2. The van der Waals surface area contributed by atoms with Gasteiger partial charge < -0.3 is 25.0 Å². The predicted molar refractivity (Wildman–Crippen MR) is 117 cm³/mol. The summed E-state index contributed by atoms with van der Waals surface area (Å²) >= 11 is 0. The monoisotopic (exact) mass is 412 g/mol. The summed E-state index contributed by atoms with van der Waals surface area (Å²) in [5.41, 5.74) is 1.19. The highest BCUT2D eigenvalue weighted by Gasteiger charge is 2.36. The zero-order valence-corrected chi connectivity index (χ0v) is 18.2. The Balaban J connectivity index is 1.90. The van der Waals surface area contributed by atoms with E-state index in [0.717, 1.165) is 48.6 Å². The van der Waals surface area contributed by atoms with E-state index in [1.807, 2.05) is 32.0 Å². The molecule has 2 aromatic carbocycles. The number of hydrogen-bond acceptors (Lipinski definition) is 6. The van der Waals surface area contributed by atoms with Gasteiger partial charge in [0.15, 0.2) is 23.0 Å². The lowest BCUT2D eigenvalue weighted by atomic mass is 9.70. The van der Waals surface area contributed by atoms with Crippen molar-refractivity contribution in [3.8, 4) is 29.1 Å². The maximum absolute atomic E-state index is 9.97. The average molecular weight is 413 g/mol. The molecule has 162 valence electrons. The summed E-state index contributed by atoms with van der Waals surface area (Å²) in [6.45, 7) is 5.62. The van der Waals surface area contributed by atoms with Gasteiger partial charge in [-0.15, -0.1) is 0 Å². The van der Waals surface area contributed by atoms with Crippen LogP contribution >= 0.6 is 0 Å². The number of hydrogen-bond donors (Lipinski definition) is 3. The van der Waals surface area contributed by atoms with Crippen molar-refractivity contribution in [3.05, 3.63) is 47.5 Å². The number of methoxy groups -OCH3 is 2. The molecule has 0 amide bonds. The van der Waals surface area contributed by atoms with Crippen LogP contribution in [-0.2, 0) is 11.8 Å². The Bertz CT molecular complexity index is 876. The van der Waals surface area contributed by atoms with Gasteiger partial charge in [0.2, 0.25) is 0 Å². The quantitative estimate of drug-likeness (QED) is 0.379. The van der Waals surface area contributed by atoms with Crippen molar-refractivity contribution in [2.45, 2.75) is 38.5 Å². The maximum atomic E-state index is 9.97. The molecule has 0 aliphatic rings. The zero-order chi connectivity index (χ0) is 22.1. The molecule has 0 bridgehead atoms. The third-order valence-electron chi connectivity index (χ3n) is 5.64. The lowest BCUT2D eigenvalue weighted by molar-refractivity contribution is 0.351. The second kappa shape index (κ2) is 10.7. The summed E-state index contributed by atoms with van der Waals surface area (Å²) < 4.78 is 10.6. The number of rotatable bonds is 11. The molecule has 0 radical (unpaired) electrons. The number of phenolic OH excluding ortho intramolecular Hbond substituents is 2. The highest BCUT2D eigenvalue weighted by Crippen LogP contribution is 2.39. The molecule has 0 aromatic heterocycles. The van der Waals surface area contributed by atoms with Crippen LogP contribution in [-0.4, -0.2) is 37.5 Å². The smallest absolute Gasteiger partial charge is 0.160 e. The van der Waals surface area contributed by atoms with Gasteiger partial charge in [-0.2, -0.15) is 5.26 Å². The molecule has 6 heteroatoms. The molecule has 30 heavy (non-hydrogen) atoms. The Labute approximate surface area is 179 Å². The van der Waals surface area contributed by atoms with Crippen molar-refractivity contribution in [2.75, 3.05) is 27.3 Å². The van der Waals surface area contributed by atoms with Crippen molar-refractivity contribution in [1.29, 1.82) is 5.26 Å². The molecule has 0 heterocycles. The lowest BCUT2D eigenvalue weighted by Gasteiger charge is -2.31. The van der Waals surface area contributed by atoms with Crippen molar-refractivity contribution >= 4 is 0 Å². The van der Waals surface area contributed by atoms with Gasteiger partial charge in [0.05, 0.1) is 25.7 Å². The average Bonchev–Trinajstić information content (AvgIpc) is 2.75. The molecule has 0 fully saturated rings. The van der Waals surface area contributed by atoms with E-state index in [4.69, 9.17) is 9.47 Å². The number of benzene rings is 2. The van der Waals surface area contributed by atoms with Gasteiger partial charge in [-0.1, -0.05) is 26.0 Å². The fourth-order valence-electron chi connectivity index (χ4n) is 3.70. The maximum Gasteiger partial charge on any atom is 0.160 e. The summed E-state index contributed by atoms with van der Waals surface area (Å²) in [4.78, 5) is 0. The minimum Gasteiger partial charge on any atom is -0.504 e. The van der Waals surface area contributed by atoms with E-state index in [1.54, 1.807) is 20.3 Å². The molecule has 0 aliphatic carbocycles. The third-order valence-corrected chi connectivity index (χ3v) is 5.64. The first-order valence-corrected chi connectivity index (χ1v) is 10.2. The molecular formula is C24H32N2O4. The van der Waals surface area contributed by atoms with Gasteiger partial charge in [0.25, 0.3) is 0 Å². The van der Waals surface area contributed by atoms with Crippen molar-refractivity contribution < 1.29 is 19.7 Å². The first-order chi connectivity index (χ1) is 14.4. The fraction of sp³-hybridized carbons (Fsp3) is 0.458. The Morgan fingerprint density at radius 1 is 1.00 bits per heavy atom. The van der Waals surface area contributed by atoms with E-state index >= 15 is 0 Å². The number of nitrogens with one attached hydrogen (secondary N) is 1. The molecule has 6 nitrogen and oxygen atoms in total. The standard InChI is InChI=1S/C24H32N2O4/c1-17(2)24(16-25,19-7-8-20(27)21(28)15-19)11-5-12-26-13-10-18-6-9-22(29-3)23(14-18)30-4/h6-9,14-15,17,26-28H,5,10-13H2,1-4H3. The van der Waals surface area contributed by atoms with Crippen LogP contribution in [0, 0.1) is 17.2 Å². The molecule has 0 aliphatic heterocycles. The summed E-state index contributed by atoms with van der Waals surface area (Å²) in [5.74, 6) is 1.14. The number of ether oxygens (including phenoxy) is 2. The highest BCUT2D eigenvalue weighted by molar-refractivity contribution is 5.46. The Kier molecular flexibility index (Phi) is 8.37. The van der Waals surface area contributed by atoms with Crippen LogP contribution in [0.5, 0.6) is 23.0 Å². The minimum atomic E-state index is -0.712. The molecule has 0 saturated carbocycles. The number of phenols is 2. The van der Waals surface area contributed by atoms with E-state index in [0.29, 0.717) is 6.42 Å². The number of nitrogens with zero attached hydrogens (tertiary/aromatic N) is 1. The van der Waals surface area contributed by atoms with E-state index < -0.39 is 5.41 Å². The molecule has 0 saturated heterocycles. The van der Waals surface area contributed by atoms with Crippen LogP contribution < -0.4 is 14.8 Å². The summed E-state index contributed by atoms with van der Waals surface area (Å²) in [6.07, 6.45) is 2.34. The minimum absolute atomic E-state index is 0.0678. The second-order valence-corrected chi connectivity index (χ2v) is 7.73. The lowest BCUT2D eigenvalue weighted by Crippen LogP contribution is -2.32. The number of nitriles is 1. The van der Waals surface area contributed by atoms with Crippen LogP contribution in [0.15, 0.2) is 36.4 Å². The van der Waals surface area contributed by atoms with Crippen molar-refractivity contribution in [2.24, 2.45) is 5.92 Å². The first kappa shape index (κ1) is 23.4. The molecule has 1 unspecified atom stereocenters. The molecule has 0 spiro atoms. The van der Waals surface area contributed by atoms with E-state index in [2.05, 4.69) is 11.4 Å². The first-order valence-electron chi connectivity index (χ1n) is 10.2. The zero-order valence-electron chi connectivity index (χ0n) is 18.2. The normalized spacial score (nSPS) is 12.9. The van der Waals surface area contributed by atoms with Gasteiger partial charge >= 0.3 is 0 Å². The second-order valence-electron chi connectivity index (χ2n) is 7.73. The summed E-state index contributed by atoms with van der Waals surface area (Å²) in [6, 6.07) is 13.1. The van der Waals surface area contributed by atoms with Crippen LogP contribution in [0.2, 0.25) is 0 Å². The largest absolute Gasteiger partial charge is 0.504 e. The van der Waals surface area contributed by atoms with Gasteiger partial charge in [-0.05, 0) is 73.7 Å². The molecular weight excluding hydrogens is 380 g/mol. The highest BCUT2D eigenvalue weighted by atomic mass is 16.5. The van der Waals surface area contributed by atoms with Crippen LogP contribution in [0.3, 0.4) is 0 Å². The molecule has 2 rings (SSSR count). The van der Waals surface area contributed by atoms with Gasteiger partial charge in [0, 0.05) is 0 Å². The van der Waals surface area contributed by atoms with Crippen LogP contribution in [0.25, 0.3) is 0 Å². The van der Waals surface area contributed by atoms with Gasteiger partial charge in [-0.3, -0.25) is 0 Å². The van der Waals surface area contributed by atoms with Crippen LogP contribution in [0.4, 0.5) is 0 Å². The van der Waals surface area contributed by atoms with Crippen molar-refractivity contribution in [3.63, 3.8) is 0 Å². The van der Waals surface area contributed by atoms with E-state index in [-0.39, 0.29) is 17.4 Å². The Morgan fingerprint density at radius 2 is 1.73 bits per heavy atom. The van der Waals surface area contributed by atoms with Gasteiger partial charge in [-0.25, -0.2) is 0 Å². The SMILES string of the molecule is COc1ccc(CCNCCCC(C#N)(c2ccc(O)c(O)c2)C(C)C)cc1OC. The Hall–Kier alpha value is -2.91. The summed E-state index contributed by atoms with van der Waals surface area (Å²) in [7, 11) is 3.25. The summed E-state index contributed by atoms with van der Waals surface area (Å²) in [5, 5.41) is 32.9. The van der Waals surface area contributed by atoms with E-state index in [9.17, 15) is 15.5 Å². The van der Waals surface area contributed by atoms with E-state index in [1.165, 1.54) is 12.1 Å². The molecule has 1 atom stereocenters. The topological polar surface area (TPSA) is 94.7 Å². The molecule has 2 aromatic rings. The fourth-order valence-corrected chi connectivity index (χ4v) is 3.70. The van der Waals surface area contributed by atoms with Gasteiger partial charge in [0.1, 0.15) is 0 Å². The predicted octanol–water partition coefficient (Wildman–Crippen LogP) is 4.14. The third kappa shape index (κ3) is 5.37.